The van der Waals surface area contributed by atoms with E-state index in [0.717, 1.165) is 25.7 Å². The van der Waals surface area contributed by atoms with Crippen LogP contribution in [0.25, 0.3) is 0 Å². The molecule has 2 fully saturated rings. The summed E-state index contributed by atoms with van der Waals surface area (Å²) in [7, 11) is 0. The van der Waals surface area contributed by atoms with Crippen molar-refractivity contribution < 1.29 is 24.2 Å². The van der Waals surface area contributed by atoms with E-state index < -0.39 is 12.0 Å². The first-order valence-electron chi connectivity index (χ1n) is 9.75. The van der Waals surface area contributed by atoms with E-state index in [1.807, 2.05) is 0 Å². The number of carbonyl (C=O) groups is 3. The quantitative estimate of drug-likeness (QED) is 0.586. The SMILES string of the molecule is CC(=O)c1cccc(OCCCC(=O)N2C(C(=O)O)CC3CCCCC32)c1. The van der Waals surface area contributed by atoms with Crippen LogP contribution in [0.4, 0.5) is 0 Å². The molecular weight excluding hydrogens is 346 g/mol. The van der Waals surface area contributed by atoms with Gasteiger partial charge in [-0.15, -0.1) is 0 Å². The zero-order chi connectivity index (χ0) is 19.4. The van der Waals surface area contributed by atoms with Gasteiger partial charge >= 0.3 is 5.97 Å². The number of hydrogen-bond acceptors (Lipinski definition) is 4. The fourth-order valence-electron chi connectivity index (χ4n) is 4.39. The lowest BCUT2D eigenvalue weighted by molar-refractivity contribution is -0.150. The zero-order valence-corrected chi connectivity index (χ0v) is 15.7. The van der Waals surface area contributed by atoms with Gasteiger partial charge in [0.25, 0.3) is 0 Å². The van der Waals surface area contributed by atoms with E-state index in [2.05, 4.69) is 0 Å². The number of ketones is 1. The predicted molar refractivity (Wildman–Crippen MR) is 99.8 cm³/mol. The maximum Gasteiger partial charge on any atom is 0.326 e. The highest BCUT2D eigenvalue weighted by atomic mass is 16.5. The number of fused-ring (bicyclic) bond motifs is 1. The number of ether oxygens (including phenoxy) is 1. The molecule has 1 amide bonds. The number of likely N-dealkylation sites (tertiary alicyclic amines) is 1. The van der Waals surface area contributed by atoms with Crippen LogP contribution in [-0.4, -0.2) is 46.4 Å². The van der Waals surface area contributed by atoms with Gasteiger partial charge in [0.1, 0.15) is 11.8 Å². The summed E-state index contributed by atoms with van der Waals surface area (Å²) in [4.78, 5) is 37.4. The number of rotatable bonds is 7. The van der Waals surface area contributed by atoms with Gasteiger partial charge in [0, 0.05) is 18.0 Å². The highest BCUT2D eigenvalue weighted by Crippen LogP contribution is 2.40. The van der Waals surface area contributed by atoms with E-state index in [9.17, 15) is 19.5 Å². The Morgan fingerprint density at radius 3 is 2.74 bits per heavy atom. The Morgan fingerprint density at radius 2 is 2.00 bits per heavy atom. The molecule has 0 bridgehead atoms. The minimum absolute atomic E-state index is 0.0218. The minimum Gasteiger partial charge on any atom is -0.494 e. The summed E-state index contributed by atoms with van der Waals surface area (Å²) in [6.07, 6.45) is 5.50. The first-order valence-corrected chi connectivity index (χ1v) is 9.75. The predicted octanol–water partition coefficient (Wildman–Crippen LogP) is 3.29. The van der Waals surface area contributed by atoms with Crippen molar-refractivity contribution in [1.29, 1.82) is 0 Å². The molecule has 27 heavy (non-hydrogen) atoms. The number of carboxylic acids is 1. The van der Waals surface area contributed by atoms with Crippen molar-refractivity contribution in [3.63, 3.8) is 0 Å². The van der Waals surface area contributed by atoms with Gasteiger partial charge in [-0.1, -0.05) is 25.0 Å². The molecule has 1 aliphatic carbocycles. The number of benzene rings is 1. The zero-order valence-electron chi connectivity index (χ0n) is 15.7. The van der Waals surface area contributed by atoms with Gasteiger partial charge in [-0.2, -0.15) is 0 Å². The van der Waals surface area contributed by atoms with Crippen molar-refractivity contribution in [2.24, 2.45) is 5.92 Å². The van der Waals surface area contributed by atoms with Gasteiger partial charge in [-0.25, -0.2) is 4.79 Å². The Bertz CT molecular complexity index is 716. The summed E-state index contributed by atoms with van der Waals surface area (Å²) in [5.74, 6) is -0.0687. The largest absolute Gasteiger partial charge is 0.494 e. The van der Waals surface area contributed by atoms with Crippen LogP contribution in [0.15, 0.2) is 24.3 Å². The summed E-state index contributed by atoms with van der Waals surface area (Å²) in [5, 5.41) is 9.52. The van der Waals surface area contributed by atoms with Crippen molar-refractivity contribution in [3.05, 3.63) is 29.8 Å². The molecule has 1 saturated carbocycles. The fourth-order valence-corrected chi connectivity index (χ4v) is 4.39. The van der Waals surface area contributed by atoms with Crippen molar-refractivity contribution in [3.8, 4) is 5.75 Å². The third-order valence-electron chi connectivity index (χ3n) is 5.71. The van der Waals surface area contributed by atoms with E-state index in [0.29, 0.717) is 36.7 Å². The molecule has 6 heteroatoms. The minimum atomic E-state index is -0.893. The summed E-state index contributed by atoms with van der Waals surface area (Å²) >= 11 is 0. The molecule has 3 rings (SSSR count). The van der Waals surface area contributed by atoms with Crippen LogP contribution in [0, 0.1) is 5.92 Å². The fraction of sp³-hybridized carbons (Fsp3) is 0.571. The maximum atomic E-state index is 12.7. The lowest BCUT2D eigenvalue weighted by Crippen LogP contribution is -2.46. The van der Waals surface area contributed by atoms with E-state index in [1.54, 1.807) is 29.2 Å². The second kappa shape index (κ2) is 8.55. The molecule has 1 aromatic rings. The van der Waals surface area contributed by atoms with Crippen molar-refractivity contribution in [2.45, 2.75) is 64.0 Å². The highest BCUT2D eigenvalue weighted by molar-refractivity contribution is 5.94. The number of Topliss-reactive ketones (excluding diaryl/α,β-unsaturated/α-hetero) is 1. The molecule has 3 unspecified atom stereocenters. The smallest absolute Gasteiger partial charge is 0.326 e. The molecule has 1 aromatic carbocycles. The number of carboxylic acid groups (broad SMARTS) is 1. The van der Waals surface area contributed by atoms with Crippen LogP contribution in [0.3, 0.4) is 0 Å². The highest BCUT2D eigenvalue weighted by Gasteiger charge is 2.47. The van der Waals surface area contributed by atoms with E-state index >= 15 is 0 Å². The maximum absolute atomic E-state index is 12.7. The van der Waals surface area contributed by atoms with Gasteiger partial charge in [0.15, 0.2) is 5.78 Å². The molecule has 1 aliphatic heterocycles. The molecule has 0 radical (unpaired) electrons. The van der Waals surface area contributed by atoms with Crippen molar-refractivity contribution in [1.82, 2.24) is 4.90 Å². The van der Waals surface area contributed by atoms with Crippen LogP contribution in [0.5, 0.6) is 5.75 Å². The molecule has 1 heterocycles. The Labute approximate surface area is 159 Å². The van der Waals surface area contributed by atoms with Gasteiger partial charge in [0.05, 0.1) is 6.61 Å². The Morgan fingerprint density at radius 1 is 1.22 bits per heavy atom. The molecule has 146 valence electrons. The number of nitrogens with zero attached hydrogens (tertiary/aromatic N) is 1. The molecule has 0 spiro atoms. The molecule has 6 nitrogen and oxygen atoms in total. The van der Waals surface area contributed by atoms with E-state index in [4.69, 9.17) is 4.74 Å². The molecular formula is C21H27NO5. The third-order valence-corrected chi connectivity index (χ3v) is 5.71. The lowest BCUT2D eigenvalue weighted by Gasteiger charge is -2.33. The van der Waals surface area contributed by atoms with Gasteiger partial charge in [-0.3, -0.25) is 9.59 Å². The molecule has 1 saturated heterocycles. The van der Waals surface area contributed by atoms with E-state index in [1.165, 1.54) is 6.92 Å². The second-order valence-electron chi connectivity index (χ2n) is 7.54. The number of amides is 1. The second-order valence-corrected chi connectivity index (χ2v) is 7.54. The summed E-state index contributed by atoms with van der Waals surface area (Å²) < 4.78 is 5.65. The molecule has 1 N–H and O–H groups in total. The van der Waals surface area contributed by atoms with Gasteiger partial charge < -0.3 is 14.7 Å². The summed E-state index contributed by atoms with van der Waals surface area (Å²) in [6, 6.07) is 6.37. The Hall–Kier alpha value is -2.37. The summed E-state index contributed by atoms with van der Waals surface area (Å²) in [6.45, 7) is 1.86. The van der Waals surface area contributed by atoms with Gasteiger partial charge in [-0.05, 0) is 50.7 Å². The normalized spacial score (nSPS) is 24.3. The van der Waals surface area contributed by atoms with E-state index in [-0.39, 0.29) is 24.2 Å². The van der Waals surface area contributed by atoms with Crippen LogP contribution >= 0.6 is 0 Å². The average molecular weight is 373 g/mol. The average Bonchev–Trinajstić information content (AvgIpc) is 3.05. The number of carbonyl (C=O) groups excluding carboxylic acids is 2. The Kier molecular flexibility index (Phi) is 6.14. The van der Waals surface area contributed by atoms with Crippen molar-refractivity contribution in [2.75, 3.05) is 6.61 Å². The third kappa shape index (κ3) is 4.49. The first kappa shape index (κ1) is 19.4. The standard InChI is InChI=1S/C21H27NO5/c1-14(23)15-7-4-8-17(12-15)27-11-5-10-20(24)22-18-9-3-2-6-16(18)13-19(22)21(25)26/h4,7-8,12,16,18-19H,2-3,5-6,9-11,13H2,1H3,(H,25,26). The summed E-state index contributed by atoms with van der Waals surface area (Å²) in [5.41, 5.74) is 0.591. The molecule has 3 atom stereocenters. The molecule has 0 aromatic heterocycles. The molecule has 2 aliphatic rings. The van der Waals surface area contributed by atoms with Crippen LogP contribution in [-0.2, 0) is 9.59 Å². The first-order chi connectivity index (χ1) is 13.0. The van der Waals surface area contributed by atoms with Crippen LogP contribution < -0.4 is 4.74 Å². The van der Waals surface area contributed by atoms with Crippen molar-refractivity contribution >= 4 is 17.7 Å². The lowest BCUT2D eigenvalue weighted by atomic mass is 9.84. The van der Waals surface area contributed by atoms with Gasteiger partial charge in [0.2, 0.25) is 5.91 Å². The van der Waals surface area contributed by atoms with Crippen LogP contribution in [0.2, 0.25) is 0 Å². The Balaban J connectivity index is 1.53. The monoisotopic (exact) mass is 373 g/mol. The topological polar surface area (TPSA) is 83.9 Å². The number of aliphatic carboxylic acids is 1. The van der Waals surface area contributed by atoms with Crippen LogP contribution in [0.1, 0.15) is 62.2 Å². The number of hydrogen-bond donors (Lipinski definition) is 1.